The molecule has 0 spiro atoms. The normalized spacial score (nSPS) is 24.1. The summed E-state index contributed by atoms with van der Waals surface area (Å²) in [6.45, 7) is -2.08. The molecule has 1 saturated heterocycles. The van der Waals surface area contributed by atoms with E-state index in [9.17, 15) is 34.8 Å². The Morgan fingerprint density at radius 2 is 1.33 bits per heavy atom. The van der Waals surface area contributed by atoms with E-state index in [0.717, 1.165) is 12.1 Å². The molecule has 0 amide bonds. The molecule has 1 heterocycles. The Morgan fingerprint density at radius 3 is 1.71 bits per heavy atom. The SMILES string of the molecule is O=S(=O)(c1ccc(Cl)cc1)N1CC(C(F)(F)F)CC(C(F)(F)F)C1. The summed E-state index contributed by atoms with van der Waals surface area (Å²) in [6.07, 6.45) is -11.0. The lowest BCUT2D eigenvalue weighted by Crippen LogP contribution is -2.51. The fourth-order valence-electron chi connectivity index (χ4n) is 2.48. The van der Waals surface area contributed by atoms with Crippen LogP contribution in [0.2, 0.25) is 5.02 Å². The molecule has 11 heteroatoms. The summed E-state index contributed by atoms with van der Waals surface area (Å²) in [5.74, 6) is -4.75. The average Bonchev–Trinajstić information content (AvgIpc) is 2.45. The molecule has 0 bridgehead atoms. The van der Waals surface area contributed by atoms with Gasteiger partial charge in [0, 0.05) is 18.1 Å². The highest BCUT2D eigenvalue weighted by Crippen LogP contribution is 2.42. The van der Waals surface area contributed by atoms with Crippen molar-refractivity contribution in [2.75, 3.05) is 13.1 Å². The highest BCUT2D eigenvalue weighted by Gasteiger charge is 2.53. The maximum atomic E-state index is 12.9. The predicted octanol–water partition coefficient (Wildman–Crippen LogP) is 4.09. The Kier molecular flexibility index (Phi) is 5.14. The number of benzene rings is 1. The molecular weight excluding hydrogens is 384 g/mol. The van der Waals surface area contributed by atoms with Gasteiger partial charge in [-0.2, -0.15) is 30.6 Å². The van der Waals surface area contributed by atoms with Crippen LogP contribution in [0, 0.1) is 11.8 Å². The van der Waals surface area contributed by atoms with Crippen molar-refractivity contribution in [1.82, 2.24) is 4.31 Å². The van der Waals surface area contributed by atoms with Crippen LogP contribution in [0.4, 0.5) is 26.3 Å². The number of alkyl halides is 6. The fraction of sp³-hybridized carbons (Fsp3) is 0.538. The molecule has 1 aliphatic heterocycles. The van der Waals surface area contributed by atoms with E-state index in [1.807, 2.05) is 0 Å². The van der Waals surface area contributed by atoms with Gasteiger partial charge in [-0.05, 0) is 30.7 Å². The van der Waals surface area contributed by atoms with Crippen molar-refractivity contribution in [3.05, 3.63) is 29.3 Å². The number of rotatable bonds is 2. The summed E-state index contributed by atoms with van der Waals surface area (Å²) in [6, 6.07) is 4.47. The number of hydrogen-bond donors (Lipinski definition) is 0. The van der Waals surface area contributed by atoms with Gasteiger partial charge in [-0.25, -0.2) is 8.42 Å². The monoisotopic (exact) mass is 395 g/mol. The van der Waals surface area contributed by atoms with E-state index < -0.39 is 58.6 Å². The summed E-state index contributed by atoms with van der Waals surface area (Å²) in [7, 11) is -4.49. The molecule has 1 fully saturated rings. The molecule has 2 unspecified atom stereocenters. The zero-order valence-electron chi connectivity index (χ0n) is 11.9. The lowest BCUT2D eigenvalue weighted by atomic mass is 9.89. The van der Waals surface area contributed by atoms with Gasteiger partial charge in [-0.1, -0.05) is 11.6 Å². The molecule has 136 valence electrons. The van der Waals surface area contributed by atoms with E-state index in [1.165, 1.54) is 12.1 Å². The van der Waals surface area contributed by atoms with Gasteiger partial charge in [0.2, 0.25) is 10.0 Å². The van der Waals surface area contributed by atoms with Crippen LogP contribution in [0.1, 0.15) is 6.42 Å². The van der Waals surface area contributed by atoms with E-state index in [1.54, 1.807) is 0 Å². The largest absolute Gasteiger partial charge is 0.393 e. The van der Waals surface area contributed by atoms with E-state index in [4.69, 9.17) is 11.6 Å². The third kappa shape index (κ3) is 4.15. The van der Waals surface area contributed by atoms with Crippen molar-refractivity contribution in [2.45, 2.75) is 23.7 Å². The second-order valence-corrected chi connectivity index (χ2v) is 7.86. The number of sulfonamides is 1. The van der Waals surface area contributed by atoms with Gasteiger partial charge >= 0.3 is 12.4 Å². The van der Waals surface area contributed by atoms with Gasteiger partial charge in [-0.15, -0.1) is 0 Å². The summed E-state index contributed by atoms with van der Waals surface area (Å²) in [4.78, 5) is -0.407. The van der Waals surface area contributed by atoms with E-state index in [2.05, 4.69) is 0 Å². The quantitative estimate of drug-likeness (QED) is 0.707. The second-order valence-electron chi connectivity index (χ2n) is 5.49. The number of halogens is 7. The minimum atomic E-state index is -4.92. The van der Waals surface area contributed by atoms with E-state index in [0.29, 0.717) is 0 Å². The van der Waals surface area contributed by atoms with Gasteiger partial charge in [0.25, 0.3) is 0 Å². The van der Waals surface area contributed by atoms with Gasteiger partial charge in [0.05, 0.1) is 16.7 Å². The predicted molar refractivity (Wildman–Crippen MR) is 73.9 cm³/mol. The van der Waals surface area contributed by atoms with E-state index in [-0.39, 0.29) is 9.33 Å². The Bertz CT molecular complexity index is 664. The topological polar surface area (TPSA) is 37.4 Å². The zero-order valence-corrected chi connectivity index (χ0v) is 13.5. The molecular formula is C13H12ClF6NO2S. The fourth-order valence-corrected chi connectivity index (χ4v) is 4.14. The van der Waals surface area contributed by atoms with Crippen molar-refractivity contribution in [3.63, 3.8) is 0 Å². The van der Waals surface area contributed by atoms with Crippen LogP contribution in [0.25, 0.3) is 0 Å². The highest BCUT2D eigenvalue weighted by molar-refractivity contribution is 7.89. The Balaban J connectivity index is 2.38. The molecule has 2 atom stereocenters. The first-order chi connectivity index (χ1) is 10.8. The first kappa shape index (κ1) is 19.3. The molecule has 24 heavy (non-hydrogen) atoms. The van der Waals surface area contributed by atoms with Crippen LogP contribution in [-0.4, -0.2) is 38.2 Å². The number of nitrogens with zero attached hydrogens (tertiary/aromatic N) is 1. The summed E-state index contributed by atoms with van der Waals surface area (Å²) in [5, 5.41) is 0.189. The highest BCUT2D eigenvalue weighted by atomic mass is 35.5. The summed E-state index contributed by atoms with van der Waals surface area (Å²) < 4.78 is 103. The molecule has 0 saturated carbocycles. The third-order valence-electron chi connectivity index (χ3n) is 3.79. The molecule has 0 aromatic heterocycles. The molecule has 1 aromatic carbocycles. The van der Waals surface area contributed by atoms with Crippen molar-refractivity contribution in [1.29, 1.82) is 0 Å². The Labute approximate surface area is 139 Å². The van der Waals surface area contributed by atoms with Crippen LogP contribution in [0.3, 0.4) is 0 Å². The third-order valence-corrected chi connectivity index (χ3v) is 5.89. The van der Waals surface area contributed by atoms with Crippen molar-refractivity contribution >= 4 is 21.6 Å². The number of piperidine rings is 1. The average molecular weight is 396 g/mol. The molecule has 1 aromatic rings. The van der Waals surface area contributed by atoms with Crippen molar-refractivity contribution in [3.8, 4) is 0 Å². The first-order valence-electron chi connectivity index (χ1n) is 6.71. The Morgan fingerprint density at radius 1 is 0.917 bits per heavy atom. The molecule has 2 rings (SSSR count). The van der Waals surface area contributed by atoms with Crippen LogP contribution in [0.15, 0.2) is 29.2 Å². The van der Waals surface area contributed by atoms with Crippen LogP contribution in [-0.2, 0) is 10.0 Å². The standard InChI is InChI=1S/C13H12ClF6NO2S/c14-10-1-3-11(4-2-10)24(22,23)21-6-8(12(15,16)17)5-9(7-21)13(18,19)20/h1-4,8-9H,5-7H2. The molecule has 1 aliphatic rings. The van der Waals surface area contributed by atoms with Crippen LogP contribution >= 0.6 is 11.6 Å². The van der Waals surface area contributed by atoms with Gasteiger partial charge < -0.3 is 0 Å². The van der Waals surface area contributed by atoms with Gasteiger partial charge in [0.15, 0.2) is 0 Å². The van der Waals surface area contributed by atoms with Crippen molar-refractivity contribution < 1.29 is 34.8 Å². The van der Waals surface area contributed by atoms with Gasteiger partial charge in [-0.3, -0.25) is 0 Å². The van der Waals surface area contributed by atoms with Crippen LogP contribution < -0.4 is 0 Å². The van der Waals surface area contributed by atoms with Gasteiger partial charge in [0.1, 0.15) is 0 Å². The second kappa shape index (κ2) is 6.38. The maximum absolute atomic E-state index is 12.9. The smallest absolute Gasteiger partial charge is 0.207 e. The zero-order chi connectivity index (χ0) is 18.3. The van der Waals surface area contributed by atoms with Crippen molar-refractivity contribution in [2.24, 2.45) is 11.8 Å². The maximum Gasteiger partial charge on any atom is 0.393 e. The summed E-state index contributed by atoms with van der Waals surface area (Å²) in [5.41, 5.74) is 0. The minimum absolute atomic E-state index is 0.189. The molecule has 3 nitrogen and oxygen atoms in total. The Hall–Kier alpha value is -1.00. The molecule has 0 aliphatic carbocycles. The lowest BCUT2D eigenvalue weighted by Gasteiger charge is -2.38. The first-order valence-corrected chi connectivity index (χ1v) is 8.53. The van der Waals surface area contributed by atoms with E-state index >= 15 is 0 Å². The minimum Gasteiger partial charge on any atom is -0.207 e. The molecule has 0 radical (unpaired) electrons. The molecule has 0 N–H and O–H groups in total. The summed E-state index contributed by atoms with van der Waals surface area (Å²) >= 11 is 5.61. The van der Waals surface area contributed by atoms with Crippen LogP contribution in [0.5, 0.6) is 0 Å². The number of hydrogen-bond acceptors (Lipinski definition) is 2. The lowest BCUT2D eigenvalue weighted by molar-refractivity contribution is -0.224.